The molecule has 1 aliphatic heterocycles. The Bertz CT molecular complexity index is 647. The number of anilines is 1. The molecule has 0 radical (unpaired) electrons. The molecule has 3 heterocycles. The van der Waals surface area contributed by atoms with Gasteiger partial charge < -0.3 is 10.6 Å². The molecule has 1 fully saturated rings. The molecule has 0 unspecified atom stereocenters. The molecule has 0 aromatic carbocycles. The van der Waals surface area contributed by atoms with E-state index < -0.39 is 0 Å². The molecule has 0 aliphatic carbocycles. The fourth-order valence-electron chi connectivity index (χ4n) is 2.72. The summed E-state index contributed by atoms with van der Waals surface area (Å²) in [6.07, 6.45) is 3.83. The summed E-state index contributed by atoms with van der Waals surface area (Å²) in [5.74, 6) is 0.0444. The molecule has 4 nitrogen and oxygen atoms in total. The third-order valence-corrected chi connectivity index (χ3v) is 4.96. The second-order valence-corrected chi connectivity index (χ2v) is 6.57. The second kappa shape index (κ2) is 4.20. The third-order valence-electron chi connectivity index (χ3n) is 3.85. The number of nitrogens with zero attached hydrogens (tertiary/aromatic N) is 2. The summed E-state index contributed by atoms with van der Waals surface area (Å²) in [6.45, 7) is 5.03. The van der Waals surface area contributed by atoms with Gasteiger partial charge in [-0.2, -0.15) is 0 Å². The number of amides is 1. The van der Waals surface area contributed by atoms with Crippen LogP contribution in [0.5, 0.6) is 0 Å². The van der Waals surface area contributed by atoms with Gasteiger partial charge >= 0.3 is 0 Å². The summed E-state index contributed by atoms with van der Waals surface area (Å²) in [7, 11) is 0. The molecule has 2 aromatic heterocycles. The zero-order chi connectivity index (χ0) is 13.6. The van der Waals surface area contributed by atoms with E-state index in [1.807, 2.05) is 17.0 Å². The minimum atomic E-state index is -0.0763. The summed E-state index contributed by atoms with van der Waals surface area (Å²) in [6, 6.07) is 3.76. The van der Waals surface area contributed by atoms with Crippen molar-refractivity contribution >= 4 is 33.1 Å². The Kier molecular flexibility index (Phi) is 2.74. The molecule has 2 N–H and O–H groups in total. The average Bonchev–Trinajstić information content (AvgIpc) is 2.90. The second-order valence-electron chi connectivity index (χ2n) is 5.57. The molecule has 1 saturated heterocycles. The maximum absolute atomic E-state index is 12.7. The lowest BCUT2D eigenvalue weighted by Gasteiger charge is -2.31. The highest BCUT2D eigenvalue weighted by Gasteiger charge is 2.37. The molecule has 1 aliphatic rings. The predicted molar refractivity (Wildman–Crippen MR) is 78.4 cm³/mol. The number of aromatic nitrogens is 1. The van der Waals surface area contributed by atoms with Gasteiger partial charge in [-0.25, -0.2) is 4.98 Å². The van der Waals surface area contributed by atoms with Crippen molar-refractivity contribution in [1.29, 1.82) is 0 Å². The monoisotopic (exact) mass is 275 g/mol. The van der Waals surface area contributed by atoms with Crippen LogP contribution in [0.2, 0.25) is 0 Å². The molecule has 0 saturated carbocycles. The summed E-state index contributed by atoms with van der Waals surface area (Å²) in [5, 5.41) is 0.882. The van der Waals surface area contributed by atoms with E-state index in [2.05, 4.69) is 18.8 Å². The number of fused-ring (bicyclic) bond motifs is 1. The maximum atomic E-state index is 12.7. The van der Waals surface area contributed by atoms with Crippen LogP contribution in [0, 0.1) is 0 Å². The highest BCUT2D eigenvalue weighted by molar-refractivity contribution is 7.21. The number of rotatable bonds is 1. The van der Waals surface area contributed by atoms with Crippen LogP contribution in [-0.4, -0.2) is 27.9 Å². The number of carbonyl (C=O) groups is 1. The molecular weight excluding hydrogens is 258 g/mol. The number of thiophene rings is 1. The van der Waals surface area contributed by atoms with E-state index in [0.717, 1.165) is 29.6 Å². The minimum Gasteiger partial charge on any atom is -0.397 e. The van der Waals surface area contributed by atoms with Crippen molar-refractivity contribution in [3.05, 3.63) is 23.2 Å². The van der Waals surface area contributed by atoms with Gasteiger partial charge in [0.05, 0.1) is 5.69 Å². The van der Waals surface area contributed by atoms with Gasteiger partial charge in [0.2, 0.25) is 0 Å². The van der Waals surface area contributed by atoms with Crippen molar-refractivity contribution in [2.24, 2.45) is 0 Å². The number of nitrogen functional groups attached to an aromatic ring is 1. The Balaban J connectivity index is 2.05. The number of pyridine rings is 1. The Hall–Kier alpha value is -1.62. The van der Waals surface area contributed by atoms with Crippen molar-refractivity contribution < 1.29 is 4.79 Å². The predicted octanol–water partition coefficient (Wildman–Crippen LogP) is 2.89. The minimum absolute atomic E-state index is 0.0444. The van der Waals surface area contributed by atoms with Gasteiger partial charge in [-0.1, -0.05) is 0 Å². The largest absolute Gasteiger partial charge is 0.397 e. The molecular formula is C14H17N3OS. The summed E-state index contributed by atoms with van der Waals surface area (Å²) in [4.78, 5) is 20.4. The average molecular weight is 275 g/mol. The molecule has 19 heavy (non-hydrogen) atoms. The number of likely N-dealkylation sites (tertiary alicyclic amines) is 1. The smallest absolute Gasteiger partial charge is 0.266 e. The van der Waals surface area contributed by atoms with E-state index in [4.69, 9.17) is 5.73 Å². The highest BCUT2D eigenvalue weighted by Crippen LogP contribution is 2.36. The first kappa shape index (κ1) is 12.4. The first-order valence-electron chi connectivity index (χ1n) is 6.46. The highest BCUT2D eigenvalue weighted by atomic mass is 32.1. The molecule has 1 amide bonds. The van der Waals surface area contributed by atoms with Gasteiger partial charge in [0.1, 0.15) is 9.71 Å². The molecule has 0 bridgehead atoms. The van der Waals surface area contributed by atoms with Crippen LogP contribution in [0.1, 0.15) is 36.4 Å². The lowest BCUT2D eigenvalue weighted by atomic mass is 10.0. The van der Waals surface area contributed by atoms with Gasteiger partial charge in [0.25, 0.3) is 5.91 Å². The van der Waals surface area contributed by atoms with Gasteiger partial charge in [-0.3, -0.25) is 4.79 Å². The summed E-state index contributed by atoms with van der Waals surface area (Å²) >= 11 is 1.39. The van der Waals surface area contributed by atoms with Crippen molar-refractivity contribution in [3.8, 4) is 0 Å². The molecule has 2 aromatic rings. The van der Waals surface area contributed by atoms with Crippen LogP contribution in [0.3, 0.4) is 0 Å². The molecule has 3 rings (SSSR count). The van der Waals surface area contributed by atoms with Gasteiger partial charge in [0.15, 0.2) is 0 Å². The lowest BCUT2D eigenvalue weighted by Crippen LogP contribution is -2.42. The molecule has 5 heteroatoms. The van der Waals surface area contributed by atoms with Crippen LogP contribution in [0.4, 0.5) is 5.69 Å². The quantitative estimate of drug-likeness (QED) is 0.870. The summed E-state index contributed by atoms with van der Waals surface area (Å²) < 4.78 is 0. The van der Waals surface area contributed by atoms with Crippen LogP contribution < -0.4 is 5.73 Å². The Labute approximate surface area is 116 Å². The summed E-state index contributed by atoms with van der Waals surface area (Å²) in [5.41, 5.74) is 6.61. The van der Waals surface area contributed by atoms with Crippen LogP contribution in [0.25, 0.3) is 10.2 Å². The van der Waals surface area contributed by atoms with Crippen molar-refractivity contribution in [3.63, 3.8) is 0 Å². The standard InChI is InChI=1S/C14H17N3OS/c1-14(2)6-4-8-17(14)13(18)11-10(15)9-5-3-7-16-12(9)19-11/h3,5,7H,4,6,8,15H2,1-2H3. The maximum Gasteiger partial charge on any atom is 0.266 e. The fourth-order valence-corrected chi connectivity index (χ4v) is 3.73. The fraction of sp³-hybridized carbons (Fsp3) is 0.429. The first-order valence-corrected chi connectivity index (χ1v) is 7.27. The Morgan fingerprint density at radius 3 is 2.95 bits per heavy atom. The van der Waals surface area contributed by atoms with Gasteiger partial charge in [0, 0.05) is 23.7 Å². The van der Waals surface area contributed by atoms with Crippen molar-refractivity contribution in [1.82, 2.24) is 9.88 Å². The van der Waals surface area contributed by atoms with Crippen molar-refractivity contribution in [2.75, 3.05) is 12.3 Å². The molecule has 0 spiro atoms. The van der Waals surface area contributed by atoms with Crippen LogP contribution in [-0.2, 0) is 0 Å². The SMILES string of the molecule is CC1(C)CCCN1C(=O)c1sc2ncccc2c1N. The Morgan fingerprint density at radius 1 is 1.53 bits per heavy atom. The zero-order valence-corrected chi connectivity index (χ0v) is 12.0. The zero-order valence-electron chi connectivity index (χ0n) is 11.1. The van der Waals surface area contributed by atoms with E-state index in [1.54, 1.807) is 6.20 Å². The topological polar surface area (TPSA) is 59.2 Å². The lowest BCUT2D eigenvalue weighted by molar-refractivity contribution is 0.0658. The third kappa shape index (κ3) is 1.89. The molecule has 0 atom stereocenters. The van der Waals surface area contributed by atoms with E-state index in [1.165, 1.54) is 11.3 Å². The van der Waals surface area contributed by atoms with E-state index >= 15 is 0 Å². The number of hydrogen-bond acceptors (Lipinski definition) is 4. The van der Waals surface area contributed by atoms with Crippen molar-refractivity contribution in [2.45, 2.75) is 32.2 Å². The number of carbonyl (C=O) groups excluding carboxylic acids is 1. The van der Waals surface area contributed by atoms with E-state index in [-0.39, 0.29) is 11.4 Å². The van der Waals surface area contributed by atoms with E-state index in [0.29, 0.717) is 10.6 Å². The van der Waals surface area contributed by atoms with E-state index in [9.17, 15) is 4.79 Å². The number of hydrogen-bond donors (Lipinski definition) is 1. The Morgan fingerprint density at radius 2 is 2.32 bits per heavy atom. The molecule has 100 valence electrons. The van der Waals surface area contributed by atoms with Crippen LogP contribution >= 0.6 is 11.3 Å². The van der Waals surface area contributed by atoms with Gasteiger partial charge in [-0.15, -0.1) is 11.3 Å². The van der Waals surface area contributed by atoms with Crippen LogP contribution in [0.15, 0.2) is 18.3 Å². The normalized spacial score (nSPS) is 18.1. The number of nitrogens with two attached hydrogens (primary N) is 1. The first-order chi connectivity index (χ1) is 9.00. The van der Waals surface area contributed by atoms with Gasteiger partial charge in [-0.05, 0) is 38.8 Å².